The first-order valence-corrected chi connectivity index (χ1v) is 16.1. The molecule has 4 aromatic rings. The summed E-state index contributed by atoms with van der Waals surface area (Å²) in [5.74, 6) is 0.00703. The standard InChI is InChI=1S/C18H17ClN2O2.C17H14ClF3N2O2/c19-14-3-4-16-12(7-14)5-6-21(18(16)23)15-8-13(9-20-10-15)17(22)11-1-2-11;1-25-15(17(19,20)21)11-7-13(9-22-8-11)23-5-4-10-6-12(18)2-3-14(10)16(23)24/h3-4,7-11,17,22H,1-2,5-6H2;2-3,6-9,15H,4-5H2,1H3. The SMILES string of the molecule is COC(c1cncc(N2CCc3cc(Cl)ccc3C2=O)c1)C(F)(F)F.O=C1c2ccc(Cl)cc2CCN1c1cncc(C(O)C2CC2)c1. The lowest BCUT2D eigenvalue weighted by Gasteiger charge is -2.29. The molecule has 2 atom stereocenters. The highest BCUT2D eigenvalue weighted by Gasteiger charge is 2.42. The van der Waals surface area contributed by atoms with Crippen molar-refractivity contribution in [2.24, 2.45) is 5.92 Å². The van der Waals surface area contributed by atoms with E-state index >= 15 is 0 Å². The molecule has 0 saturated heterocycles. The number of aliphatic hydroxyl groups is 1. The minimum atomic E-state index is -4.57. The number of amides is 2. The summed E-state index contributed by atoms with van der Waals surface area (Å²) in [6.07, 6.45) is 2.12. The van der Waals surface area contributed by atoms with Crippen molar-refractivity contribution >= 4 is 46.4 Å². The summed E-state index contributed by atoms with van der Waals surface area (Å²) >= 11 is 11.9. The number of alkyl halides is 3. The molecule has 250 valence electrons. The number of carbonyl (C=O) groups is 2. The second kappa shape index (κ2) is 13.8. The molecular formula is C35H31Cl2F3N4O4. The first-order chi connectivity index (χ1) is 22.9. The molecule has 0 radical (unpaired) electrons. The molecule has 8 nitrogen and oxygen atoms in total. The summed E-state index contributed by atoms with van der Waals surface area (Å²) < 4.78 is 43.7. The van der Waals surface area contributed by atoms with E-state index in [1.807, 2.05) is 12.1 Å². The summed E-state index contributed by atoms with van der Waals surface area (Å²) in [4.78, 5) is 36.6. The fourth-order valence-corrected chi connectivity index (χ4v) is 6.43. The van der Waals surface area contributed by atoms with Crippen LogP contribution in [-0.2, 0) is 17.6 Å². The summed E-state index contributed by atoms with van der Waals surface area (Å²) in [6.45, 7) is 0.928. The molecule has 2 unspecified atom stereocenters. The van der Waals surface area contributed by atoms with Crippen LogP contribution < -0.4 is 9.80 Å². The molecular weight excluding hydrogens is 668 g/mol. The molecule has 2 aromatic carbocycles. The first kappa shape index (κ1) is 33.9. The largest absolute Gasteiger partial charge is 0.418 e. The van der Waals surface area contributed by atoms with Crippen LogP contribution in [0.25, 0.3) is 0 Å². The van der Waals surface area contributed by atoms with Gasteiger partial charge in [-0.1, -0.05) is 23.2 Å². The Balaban J connectivity index is 0.000000168. The fourth-order valence-electron chi connectivity index (χ4n) is 6.04. The van der Waals surface area contributed by atoms with Crippen LogP contribution in [0.1, 0.15) is 68.0 Å². The predicted molar refractivity (Wildman–Crippen MR) is 176 cm³/mol. The molecule has 2 amide bonds. The number of anilines is 2. The molecule has 7 rings (SSSR count). The molecule has 1 fully saturated rings. The van der Waals surface area contributed by atoms with Gasteiger partial charge in [0.1, 0.15) is 0 Å². The minimum absolute atomic E-state index is 0.0391. The van der Waals surface area contributed by atoms with Crippen molar-refractivity contribution in [3.05, 3.63) is 117 Å². The molecule has 4 heterocycles. The van der Waals surface area contributed by atoms with E-state index in [0.29, 0.717) is 52.3 Å². The van der Waals surface area contributed by atoms with E-state index in [2.05, 4.69) is 14.7 Å². The van der Waals surface area contributed by atoms with Gasteiger partial charge in [0, 0.05) is 64.9 Å². The zero-order valence-electron chi connectivity index (χ0n) is 25.8. The number of ether oxygens (including phenoxy) is 1. The van der Waals surface area contributed by atoms with Gasteiger partial charge >= 0.3 is 6.18 Å². The van der Waals surface area contributed by atoms with E-state index in [4.69, 9.17) is 23.2 Å². The predicted octanol–water partition coefficient (Wildman–Crippen LogP) is 7.57. The third-order valence-corrected chi connectivity index (χ3v) is 9.12. The topological polar surface area (TPSA) is 95.9 Å². The van der Waals surface area contributed by atoms with E-state index in [0.717, 1.165) is 54.9 Å². The van der Waals surface area contributed by atoms with Gasteiger partial charge in [0.2, 0.25) is 0 Å². The Morgan fingerprint density at radius 2 is 1.27 bits per heavy atom. The normalized spacial score (nSPS) is 17.2. The molecule has 1 aliphatic carbocycles. The number of nitrogens with zero attached hydrogens (tertiary/aromatic N) is 4. The Morgan fingerprint density at radius 3 is 1.73 bits per heavy atom. The molecule has 0 spiro atoms. The number of halogens is 5. The maximum Gasteiger partial charge on any atom is 0.418 e. The average molecular weight is 700 g/mol. The van der Waals surface area contributed by atoms with E-state index in [9.17, 15) is 27.9 Å². The molecule has 1 saturated carbocycles. The number of pyridine rings is 2. The van der Waals surface area contributed by atoms with Gasteiger partial charge in [-0.05, 0) is 91.3 Å². The van der Waals surface area contributed by atoms with Crippen molar-refractivity contribution in [3.63, 3.8) is 0 Å². The number of aromatic nitrogens is 2. The average Bonchev–Trinajstić information content (AvgIpc) is 3.91. The van der Waals surface area contributed by atoms with E-state index < -0.39 is 18.4 Å². The van der Waals surface area contributed by atoms with Crippen LogP contribution in [-0.4, -0.2) is 53.3 Å². The van der Waals surface area contributed by atoms with Gasteiger partial charge in [0.15, 0.2) is 6.10 Å². The maximum absolute atomic E-state index is 13.0. The zero-order chi connectivity index (χ0) is 34.2. The van der Waals surface area contributed by atoms with Crippen molar-refractivity contribution in [3.8, 4) is 0 Å². The number of methoxy groups -OCH3 is 1. The highest BCUT2D eigenvalue weighted by Crippen LogP contribution is 2.41. The van der Waals surface area contributed by atoms with Crippen molar-refractivity contribution < 1.29 is 32.6 Å². The third kappa shape index (κ3) is 7.19. The van der Waals surface area contributed by atoms with Gasteiger partial charge in [-0.25, -0.2) is 0 Å². The van der Waals surface area contributed by atoms with Crippen molar-refractivity contribution in [1.82, 2.24) is 9.97 Å². The number of hydrogen-bond donors (Lipinski definition) is 1. The van der Waals surface area contributed by atoms with Gasteiger partial charge in [0.25, 0.3) is 11.8 Å². The molecule has 13 heteroatoms. The molecule has 2 aromatic heterocycles. The maximum atomic E-state index is 13.0. The summed E-state index contributed by atoms with van der Waals surface area (Å²) in [5, 5.41) is 11.5. The number of rotatable bonds is 6. The molecule has 0 bridgehead atoms. The zero-order valence-corrected chi connectivity index (χ0v) is 27.3. The number of carbonyl (C=O) groups excluding carboxylic acids is 2. The van der Waals surface area contributed by atoms with Gasteiger partial charge in [-0.15, -0.1) is 0 Å². The van der Waals surface area contributed by atoms with Gasteiger partial charge in [0.05, 0.1) is 29.9 Å². The Labute approximate surface area is 285 Å². The summed E-state index contributed by atoms with van der Waals surface area (Å²) in [6, 6.07) is 13.5. The third-order valence-electron chi connectivity index (χ3n) is 8.65. The summed E-state index contributed by atoms with van der Waals surface area (Å²) in [7, 11) is 0.983. The minimum Gasteiger partial charge on any atom is -0.388 e. The van der Waals surface area contributed by atoms with Crippen LogP contribution in [0.3, 0.4) is 0 Å². The van der Waals surface area contributed by atoms with Gasteiger partial charge < -0.3 is 19.6 Å². The number of benzene rings is 2. The second-order valence-corrected chi connectivity index (χ2v) is 12.8. The van der Waals surface area contributed by atoms with Crippen LogP contribution in [0, 0.1) is 5.92 Å². The van der Waals surface area contributed by atoms with Crippen LogP contribution in [0.15, 0.2) is 73.3 Å². The Kier molecular flexibility index (Phi) is 9.76. The van der Waals surface area contributed by atoms with E-state index in [-0.39, 0.29) is 17.4 Å². The van der Waals surface area contributed by atoms with Crippen LogP contribution in [0.5, 0.6) is 0 Å². The highest BCUT2D eigenvalue weighted by atomic mass is 35.5. The Bertz CT molecular complexity index is 1850. The lowest BCUT2D eigenvalue weighted by atomic mass is 9.98. The lowest BCUT2D eigenvalue weighted by Crippen LogP contribution is -2.37. The van der Waals surface area contributed by atoms with Crippen molar-refractivity contribution in [1.29, 1.82) is 0 Å². The quantitative estimate of drug-likeness (QED) is 0.223. The van der Waals surface area contributed by atoms with Crippen molar-refractivity contribution in [2.45, 2.75) is 44.1 Å². The smallest absolute Gasteiger partial charge is 0.388 e. The van der Waals surface area contributed by atoms with Gasteiger partial charge in [-0.2, -0.15) is 13.2 Å². The Hall–Kier alpha value is -4.03. The van der Waals surface area contributed by atoms with Crippen LogP contribution in [0.4, 0.5) is 24.5 Å². The lowest BCUT2D eigenvalue weighted by molar-refractivity contribution is -0.216. The number of aliphatic hydroxyl groups excluding tert-OH is 1. The van der Waals surface area contributed by atoms with E-state index in [1.165, 1.54) is 17.2 Å². The molecule has 2 aliphatic heterocycles. The van der Waals surface area contributed by atoms with Gasteiger partial charge in [-0.3, -0.25) is 19.6 Å². The Morgan fingerprint density at radius 1 is 0.792 bits per heavy atom. The fraction of sp³-hybridized carbons (Fsp3) is 0.314. The van der Waals surface area contributed by atoms with Crippen molar-refractivity contribution in [2.75, 3.05) is 30.0 Å². The molecule has 1 N–H and O–H groups in total. The molecule has 48 heavy (non-hydrogen) atoms. The number of fused-ring (bicyclic) bond motifs is 2. The first-order valence-electron chi connectivity index (χ1n) is 15.3. The van der Waals surface area contributed by atoms with Crippen LogP contribution >= 0.6 is 23.2 Å². The number of hydrogen-bond acceptors (Lipinski definition) is 6. The monoisotopic (exact) mass is 698 g/mol. The second-order valence-electron chi connectivity index (χ2n) is 11.9. The van der Waals surface area contributed by atoms with E-state index in [1.54, 1.807) is 47.6 Å². The summed E-state index contributed by atoms with van der Waals surface area (Å²) in [5.41, 5.74) is 4.67. The van der Waals surface area contributed by atoms with Crippen LogP contribution in [0.2, 0.25) is 10.0 Å². The molecule has 3 aliphatic rings. The highest BCUT2D eigenvalue weighted by molar-refractivity contribution is 6.31.